The highest BCUT2D eigenvalue weighted by atomic mass is 32.2. The van der Waals surface area contributed by atoms with Crippen LogP contribution >= 0.6 is 11.8 Å². The fraction of sp³-hybridized carbons (Fsp3) is 0.211. The SMILES string of the molecule is COc1ccc(Cn2c(CO)cnc2SCc2cccc([N+](=O)[O-])c2)cc1. The van der Waals surface area contributed by atoms with Gasteiger partial charge in [0.1, 0.15) is 5.75 Å². The van der Waals surface area contributed by atoms with Crippen LogP contribution in [-0.4, -0.2) is 26.7 Å². The van der Waals surface area contributed by atoms with Crippen LogP contribution in [0.1, 0.15) is 16.8 Å². The van der Waals surface area contributed by atoms with Crippen LogP contribution in [0.3, 0.4) is 0 Å². The summed E-state index contributed by atoms with van der Waals surface area (Å²) in [5.74, 6) is 1.33. The van der Waals surface area contributed by atoms with E-state index in [-0.39, 0.29) is 12.3 Å². The first-order chi connectivity index (χ1) is 13.1. The lowest BCUT2D eigenvalue weighted by molar-refractivity contribution is -0.384. The minimum Gasteiger partial charge on any atom is -0.497 e. The largest absolute Gasteiger partial charge is 0.497 e. The molecule has 0 fully saturated rings. The molecule has 0 amide bonds. The number of imidazole rings is 1. The molecule has 140 valence electrons. The maximum absolute atomic E-state index is 10.9. The highest BCUT2D eigenvalue weighted by molar-refractivity contribution is 7.98. The number of hydrogen-bond acceptors (Lipinski definition) is 6. The Bertz CT molecular complexity index is 925. The van der Waals surface area contributed by atoms with Gasteiger partial charge in [0.2, 0.25) is 0 Å². The number of nitro groups is 1. The van der Waals surface area contributed by atoms with E-state index in [1.807, 2.05) is 34.9 Å². The van der Waals surface area contributed by atoms with Crippen molar-refractivity contribution < 1.29 is 14.8 Å². The third-order valence-electron chi connectivity index (χ3n) is 4.05. The van der Waals surface area contributed by atoms with Gasteiger partial charge in [0.05, 0.1) is 30.5 Å². The number of aromatic nitrogens is 2. The second kappa shape index (κ2) is 8.70. The summed E-state index contributed by atoms with van der Waals surface area (Å²) in [4.78, 5) is 14.9. The zero-order chi connectivity index (χ0) is 19.2. The van der Waals surface area contributed by atoms with Crippen LogP contribution < -0.4 is 4.74 Å². The van der Waals surface area contributed by atoms with Crippen LogP contribution in [-0.2, 0) is 18.9 Å². The van der Waals surface area contributed by atoms with E-state index < -0.39 is 4.92 Å². The summed E-state index contributed by atoms with van der Waals surface area (Å²) < 4.78 is 7.12. The lowest BCUT2D eigenvalue weighted by Gasteiger charge is -2.11. The normalized spacial score (nSPS) is 10.7. The van der Waals surface area contributed by atoms with Gasteiger partial charge in [0, 0.05) is 24.4 Å². The highest BCUT2D eigenvalue weighted by Crippen LogP contribution is 2.26. The number of nitro benzene ring substituents is 1. The molecule has 2 aromatic carbocycles. The zero-order valence-corrected chi connectivity index (χ0v) is 15.6. The molecular weight excluding hydrogens is 366 g/mol. The number of methoxy groups -OCH3 is 1. The molecule has 1 N–H and O–H groups in total. The molecule has 1 aromatic heterocycles. The molecule has 0 aliphatic carbocycles. The molecule has 7 nitrogen and oxygen atoms in total. The van der Waals surface area contributed by atoms with E-state index >= 15 is 0 Å². The molecule has 8 heteroatoms. The van der Waals surface area contributed by atoms with E-state index in [9.17, 15) is 15.2 Å². The number of non-ortho nitro benzene ring substituents is 1. The summed E-state index contributed by atoms with van der Waals surface area (Å²) in [5, 5.41) is 21.3. The predicted molar refractivity (Wildman–Crippen MR) is 103 cm³/mol. The lowest BCUT2D eigenvalue weighted by Crippen LogP contribution is -2.06. The molecule has 0 aliphatic heterocycles. The fourth-order valence-corrected chi connectivity index (χ4v) is 3.56. The quantitative estimate of drug-likeness (QED) is 0.362. The summed E-state index contributed by atoms with van der Waals surface area (Å²) in [6, 6.07) is 14.3. The van der Waals surface area contributed by atoms with E-state index in [0.29, 0.717) is 18.0 Å². The van der Waals surface area contributed by atoms with Crippen LogP contribution in [0.15, 0.2) is 59.9 Å². The fourth-order valence-electron chi connectivity index (χ4n) is 2.62. The van der Waals surface area contributed by atoms with E-state index in [1.54, 1.807) is 25.4 Å². The summed E-state index contributed by atoms with van der Waals surface area (Å²) in [5.41, 5.74) is 2.69. The van der Waals surface area contributed by atoms with Crippen LogP contribution in [0, 0.1) is 10.1 Å². The van der Waals surface area contributed by atoms with Gasteiger partial charge in [-0.3, -0.25) is 10.1 Å². The second-order valence-electron chi connectivity index (χ2n) is 5.84. The van der Waals surface area contributed by atoms with Crippen molar-refractivity contribution in [2.45, 2.75) is 24.1 Å². The Kier molecular flexibility index (Phi) is 6.10. The van der Waals surface area contributed by atoms with E-state index in [1.165, 1.54) is 17.8 Å². The first-order valence-electron chi connectivity index (χ1n) is 8.25. The number of rotatable bonds is 8. The van der Waals surface area contributed by atoms with Gasteiger partial charge in [-0.15, -0.1) is 0 Å². The third kappa shape index (κ3) is 4.66. The molecule has 0 radical (unpaired) electrons. The summed E-state index contributed by atoms with van der Waals surface area (Å²) in [6.45, 7) is 0.456. The van der Waals surface area contributed by atoms with Gasteiger partial charge in [-0.25, -0.2) is 4.98 Å². The molecule has 0 saturated heterocycles. The molecule has 3 rings (SSSR count). The number of aliphatic hydroxyl groups is 1. The van der Waals surface area contributed by atoms with E-state index in [2.05, 4.69) is 4.98 Å². The van der Waals surface area contributed by atoms with Crippen LogP contribution in [0.5, 0.6) is 5.75 Å². The number of ether oxygens (including phenoxy) is 1. The minimum absolute atomic E-state index is 0.0747. The molecule has 3 aromatic rings. The number of thioether (sulfide) groups is 1. The molecule has 1 heterocycles. The minimum atomic E-state index is -0.400. The van der Waals surface area contributed by atoms with Crippen molar-refractivity contribution in [2.75, 3.05) is 7.11 Å². The Morgan fingerprint density at radius 2 is 2.00 bits per heavy atom. The number of hydrogen-bond donors (Lipinski definition) is 1. The molecule has 0 saturated carbocycles. The maximum Gasteiger partial charge on any atom is 0.269 e. The van der Waals surface area contributed by atoms with Gasteiger partial charge in [-0.2, -0.15) is 0 Å². The van der Waals surface area contributed by atoms with Gasteiger partial charge in [0.25, 0.3) is 5.69 Å². The molecule has 0 unspecified atom stereocenters. The Hall–Kier alpha value is -2.84. The van der Waals surface area contributed by atoms with Crippen molar-refractivity contribution in [3.63, 3.8) is 0 Å². The Morgan fingerprint density at radius 1 is 1.22 bits per heavy atom. The van der Waals surface area contributed by atoms with Gasteiger partial charge < -0.3 is 14.4 Å². The topological polar surface area (TPSA) is 90.4 Å². The van der Waals surface area contributed by atoms with Crippen LogP contribution in [0.4, 0.5) is 5.69 Å². The number of nitrogens with zero attached hydrogens (tertiary/aromatic N) is 3. The standard InChI is InChI=1S/C19H19N3O4S/c1-26-18-7-5-14(6-8-18)11-21-17(12-23)10-20-19(21)27-13-15-3-2-4-16(9-15)22(24)25/h2-10,23H,11-13H2,1H3. The van der Waals surface area contributed by atoms with Crippen molar-refractivity contribution in [1.29, 1.82) is 0 Å². The van der Waals surface area contributed by atoms with Crippen LogP contribution in [0.25, 0.3) is 0 Å². The van der Waals surface area contributed by atoms with Crippen molar-refractivity contribution in [3.8, 4) is 5.75 Å². The second-order valence-corrected chi connectivity index (χ2v) is 6.78. The third-order valence-corrected chi connectivity index (χ3v) is 5.11. The maximum atomic E-state index is 10.9. The van der Waals surface area contributed by atoms with Crippen LogP contribution in [0.2, 0.25) is 0 Å². The van der Waals surface area contributed by atoms with Gasteiger partial charge in [0.15, 0.2) is 5.16 Å². The molecule has 0 spiro atoms. The van der Waals surface area contributed by atoms with Crippen molar-refractivity contribution in [1.82, 2.24) is 9.55 Å². The Balaban J connectivity index is 1.76. The van der Waals surface area contributed by atoms with E-state index in [0.717, 1.165) is 22.0 Å². The first kappa shape index (κ1) is 18.9. The predicted octanol–water partition coefficient (Wildman–Crippen LogP) is 3.63. The lowest BCUT2D eigenvalue weighted by atomic mass is 10.2. The van der Waals surface area contributed by atoms with Crippen molar-refractivity contribution in [2.24, 2.45) is 0 Å². The molecule has 0 aliphatic rings. The Morgan fingerprint density at radius 3 is 2.67 bits per heavy atom. The van der Waals surface area contributed by atoms with Crippen molar-refractivity contribution >= 4 is 17.4 Å². The number of aliphatic hydroxyl groups excluding tert-OH is 1. The summed E-state index contributed by atoms with van der Waals surface area (Å²) >= 11 is 1.48. The van der Waals surface area contributed by atoms with E-state index in [4.69, 9.17) is 4.74 Å². The Labute approximate surface area is 160 Å². The van der Waals surface area contributed by atoms with Gasteiger partial charge in [-0.1, -0.05) is 36.0 Å². The molecule has 0 atom stereocenters. The average molecular weight is 385 g/mol. The molecule has 27 heavy (non-hydrogen) atoms. The highest BCUT2D eigenvalue weighted by Gasteiger charge is 2.12. The van der Waals surface area contributed by atoms with Gasteiger partial charge >= 0.3 is 0 Å². The molecule has 0 bridgehead atoms. The van der Waals surface area contributed by atoms with Gasteiger partial charge in [-0.05, 0) is 23.3 Å². The van der Waals surface area contributed by atoms with Crippen molar-refractivity contribution in [3.05, 3.63) is 81.7 Å². The molecular formula is C19H19N3O4S. The average Bonchev–Trinajstić information content (AvgIpc) is 3.08. The zero-order valence-electron chi connectivity index (χ0n) is 14.7. The summed E-state index contributed by atoms with van der Waals surface area (Å²) in [7, 11) is 1.62. The monoisotopic (exact) mass is 385 g/mol. The number of benzene rings is 2. The summed E-state index contributed by atoms with van der Waals surface area (Å²) in [6.07, 6.45) is 1.65. The smallest absolute Gasteiger partial charge is 0.269 e. The first-order valence-corrected chi connectivity index (χ1v) is 9.23.